The van der Waals surface area contributed by atoms with Gasteiger partial charge < -0.3 is 16.4 Å². The predicted molar refractivity (Wildman–Crippen MR) is 77.5 cm³/mol. The highest BCUT2D eigenvalue weighted by atomic mass is 15.0. The summed E-state index contributed by atoms with van der Waals surface area (Å²) in [6, 6.07) is 9.18. The van der Waals surface area contributed by atoms with E-state index in [2.05, 4.69) is 36.6 Å². The van der Waals surface area contributed by atoms with Crippen LogP contribution in [0.5, 0.6) is 0 Å². The first-order valence-corrected chi connectivity index (χ1v) is 6.99. The summed E-state index contributed by atoms with van der Waals surface area (Å²) in [5.41, 5.74) is 8.25. The van der Waals surface area contributed by atoms with E-state index in [1.165, 1.54) is 18.4 Å². The molecular formula is C15H25N3. The van der Waals surface area contributed by atoms with Gasteiger partial charge in [-0.3, -0.25) is 0 Å². The van der Waals surface area contributed by atoms with Crippen molar-refractivity contribution in [1.82, 2.24) is 10.6 Å². The molecule has 18 heavy (non-hydrogen) atoms. The van der Waals surface area contributed by atoms with Crippen LogP contribution in [0.15, 0.2) is 24.3 Å². The van der Waals surface area contributed by atoms with Crippen molar-refractivity contribution in [3.63, 3.8) is 0 Å². The van der Waals surface area contributed by atoms with Crippen LogP contribution < -0.4 is 16.4 Å². The zero-order chi connectivity index (χ0) is 13.0. The second-order valence-electron chi connectivity index (χ2n) is 5.54. The van der Waals surface area contributed by atoms with Crippen LogP contribution in [0.25, 0.3) is 0 Å². The van der Waals surface area contributed by atoms with Gasteiger partial charge in [-0.1, -0.05) is 32.0 Å². The number of hydrogen-bond acceptors (Lipinski definition) is 3. The van der Waals surface area contributed by atoms with E-state index < -0.39 is 0 Å². The first-order valence-electron chi connectivity index (χ1n) is 6.99. The van der Waals surface area contributed by atoms with Gasteiger partial charge in [-0.15, -0.1) is 0 Å². The maximum atomic E-state index is 6.11. The lowest BCUT2D eigenvalue weighted by molar-refractivity contribution is 0.309. The van der Waals surface area contributed by atoms with Gasteiger partial charge in [-0.05, 0) is 43.5 Å². The highest BCUT2D eigenvalue weighted by molar-refractivity contribution is 5.48. The summed E-state index contributed by atoms with van der Waals surface area (Å²) in [6.45, 7) is 6.75. The van der Waals surface area contributed by atoms with Crippen molar-refractivity contribution >= 4 is 5.69 Å². The first kappa shape index (κ1) is 13.4. The Morgan fingerprint density at radius 3 is 2.50 bits per heavy atom. The third kappa shape index (κ3) is 3.24. The maximum Gasteiger partial charge on any atom is 0.0366 e. The fraction of sp³-hybridized carbons (Fsp3) is 0.600. The molecule has 3 heteroatoms. The monoisotopic (exact) mass is 247 g/mol. The minimum Gasteiger partial charge on any atom is -0.398 e. The predicted octanol–water partition coefficient (Wildman–Crippen LogP) is 2.31. The van der Waals surface area contributed by atoms with Gasteiger partial charge >= 0.3 is 0 Å². The molecule has 0 bridgehead atoms. The van der Waals surface area contributed by atoms with Crippen LogP contribution in [0, 0.1) is 5.92 Å². The van der Waals surface area contributed by atoms with Crippen LogP contribution in [0.3, 0.4) is 0 Å². The molecule has 3 nitrogen and oxygen atoms in total. The fourth-order valence-corrected chi connectivity index (χ4v) is 2.68. The van der Waals surface area contributed by atoms with Gasteiger partial charge in [0.15, 0.2) is 0 Å². The van der Waals surface area contributed by atoms with Crippen molar-refractivity contribution in [2.45, 2.75) is 38.8 Å². The number of rotatable bonds is 4. The molecule has 1 aromatic rings. The third-order valence-electron chi connectivity index (χ3n) is 3.75. The number of piperidine rings is 1. The number of nitrogens with two attached hydrogens (primary N) is 1. The number of benzene rings is 1. The van der Waals surface area contributed by atoms with E-state index in [9.17, 15) is 0 Å². The van der Waals surface area contributed by atoms with Gasteiger partial charge in [-0.2, -0.15) is 0 Å². The molecule has 0 saturated carbocycles. The van der Waals surface area contributed by atoms with Crippen LogP contribution in [0.1, 0.15) is 38.3 Å². The van der Waals surface area contributed by atoms with Crippen molar-refractivity contribution in [3.8, 4) is 0 Å². The second-order valence-corrected chi connectivity index (χ2v) is 5.54. The summed E-state index contributed by atoms with van der Waals surface area (Å²) < 4.78 is 0. The summed E-state index contributed by atoms with van der Waals surface area (Å²) in [5.74, 6) is 0.546. The van der Waals surface area contributed by atoms with Gasteiger partial charge in [0, 0.05) is 17.8 Å². The SMILES string of the molecule is CC(C)C(NC1CCNCC1)c1ccccc1N. The number of hydrogen-bond donors (Lipinski definition) is 3. The van der Waals surface area contributed by atoms with Crippen molar-refractivity contribution in [2.75, 3.05) is 18.8 Å². The lowest BCUT2D eigenvalue weighted by atomic mass is 9.92. The maximum absolute atomic E-state index is 6.11. The molecule has 1 saturated heterocycles. The molecule has 100 valence electrons. The molecule has 1 atom stereocenters. The normalized spacial score (nSPS) is 19.1. The van der Waals surface area contributed by atoms with Crippen LogP contribution in [0.2, 0.25) is 0 Å². The van der Waals surface area contributed by atoms with Crippen molar-refractivity contribution in [3.05, 3.63) is 29.8 Å². The van der Waals surface area contributed by atoms with E-state index in [0.29, 0.717) is 18.0 Å². The van der Waals surface area contributed by atoms with Gasteiger partial charge in [0.05, 0.1) is 0 Å². The van der Waals surface area contributed by atoms with Crippen LogP contribution in [-0.2, 0) is 0 Å². The van der Waals surface area contributed by atoms with Crippen LogP contribution in [0.4, 0.5) is 5.69 Å². The lowest BCUT2D eigenvalue weighted by Crippen LogP contribution is -2.43. The second kappa shape index (κ2) is 6.21. The molecule has 1 heterocycles. The number of nitrogens with one attached hydrogen (secondary N) is 2. The van der Waals surface area contributed by atoms with Crippen molar-refractivity contribution in [2.24, 2.45) is 5.92 Å². The van der Waals surface area contributed by atoms with Gasteiger partial charge in [0.25, 0.3) is 0 Å². The Hall–Kier alpha value is -1.06. The highest BCUT2D eigenvalue weighted by Gasteiger charge is 2.22. The molecule has 1 aliphatic rings. The molecule has 0 aliphatic carbocycles. The van der Waals surface area contributed by atoms with Crippen LogP contribution in [-0.4, -0.2) is 19.1 Å². The van der Waals surface area contributed by atoms with Crippen molar-refractivity contribution < 1.29 is 0 Å². The topological polar surface area (TPSA) is 50.1 Å². The Morgan fingerprint density at radius 1 is 1.22 bits per heavy atom. The van der Waals surface area contributed by atoms with Gasteiger partial charge in [-0.25, -0.2) is 0 Å². The summed E-state index contributed by atoms with van der Waals surface area (Å²) in [5, 5.41) is 7.20. The molecular weight excluding hydrogens is 222 g/mol. The molecule has 0 amide bonds. The Morgan fingerprint density at radius 2 is 1.89 bits per heavy atom. The van der Waals surface area contributed by atoms with Crippen LogP contribution >= 0.6 is 0 Å². The number of nitrogen functional groups attached to an aromatic ring is 1. The minimum absolute atomic E-state index is 0.356. The van der Waals surface area contributed by atoms with Crippen molar-refractivity contribution in [1.29, 1.82) is 0 Å². The van der Waals surface area contributed by atoms with E-state index in [4.69, 9.17) is 5.73 Å². The molecule has 1 aromatic carbocycles. The van der Waals surface area contributed by atoms with E-state index in [1.807, 2.05) is 12.1 Å². The fourth-order valence-electron chi connectivity index (χ4n) is 2.68. The smallest absolute Gasteiger partial charge is 0.0366 e. The van der Waals surface area contributed by atoms with E-state index in [1.54, 1.807) is 0 Å². The molecule has 4 N–H and O–H groups in total. The zero-order valence-corrected chi connectivity index (χ0v) is 11.4. The molecule has 0 radical (unpaired) electrons. The number of para-hydroxylation sites is 1. The summed E-state index contributed by atoms with van der Waals surface area (Å²) in [7, 11) is 0. The molecule has 1 unspecified atom stereocenters. The Balaban J connectivity index is 2.10. The Labute approximate surface area is 110 Å². The quantitative estimate of drug-likeness (QED) is 0.716. The molecule has 1 fully saturated rings. The largest absolute Gasteiger partial charge is 0.398 e. The minimum atomic E-state index is 0.356. The average molecular weight is 247 g/mol. The highest BCUT2D eigenvalue weighted by Crippen LogP contribution is 2.27. The average Bonchev–Trinajstić information content (AvgIpc) is 2.38. The lowest BCUT2D eigenvalue weighted by Gasteiger charge is -2.32. The molecule has 1 aliphatic heterocycles. The zero-order valence-electron chi connectivity index (χ0n) is 11.4. The van der Waals surface area contributed by atoms with Gasteiger partial charge in [0.2, 0.25) is 0 Å². The molecule has 2 rings (SSSR count). The van der Waals surface area contributed by atoms with E-state index in [-0.39, 0.29) is 0 Å². The third-order valence-corrected chi connectivity index (χ3v) is 3.75. The van der Waals surface area contributed by atoms with E-state index >= 15 is 0 Å². The van der Waals surface area contributed by atoms with E-state index in [0.717, 1.165) is 18.8 Å². The summed E-state index contributed by atoms with van der Waals surface area (Å²) >= 11 is 0. The Kier molecular flexibility index (Phi) is 4.61. The first-order chi connectivity index (χ1) is 8.68. The van der Waals surface area contributed by atoms with Gasteiger partial charge in [0.1, 0.15) is 0 Å². The molecule has 0 aromatic heterocycles. The summed E-state index contributed by atoms with van der Waals surface area (Å²) in [4.78, 5) is 0. The standard InChI is InChI=1S/C15H25N3/c1-11(2)15(13-5-3-4-6-14(13)16)18-12-7-9-17-10-8-12/h3-6,11-12,15,17-18H,7-10,16H2,1-2H3. The Bertz CT molecular complexity index is 370. The summed E-state index contributed by atoms with van der Waals surface area (Å²) in [6.07, 6.45) is 2.41. The number of anilines is 1. The molecule has 0 spiro atoms.